The Hall–Kier alpha value is -2.17. The first-order valence-corrected chi connectivity index (χ1v) is 4.74. The van der Waals surface area contributed by atoms with Crippen LogP contribution in [0, 0.1) is 0 Å². The van der Waals surface area contributed by atoms with Crippen LogP contribution in [0.4, 0.5) is 0 Å². The molecular weight excluding hydrogens is 208 g/mol. The molecule has 0 aliphatic heterocycles. The molecule has 0 saturated heterocycles. The van der Waals surface area contributed by atoms with E-state index >= 15 is 0 Å². The lowest BCUT2D eigenvalue weighted by Crippen LogP contribution is -2.18. The number of aromatic nitrogens is 2. The molecule has 0 bridgehead atoms. The van der Waals surface area contributed by atoms with Gasteiger partial charge in [0.2, 0.25) is 5.43 Å². The molecule has 16 heavy (non-hydrogen) atoms. The zero-order chi connectivity index (χ0) is 11.5. The number of ether oxygens (including phenoxy) is 1. The molecule has 0 saturated carbocycles. The van der Waals surface area contributed by atoms with Gasteiger partial charge in [0, 0.05) is 5.39 Å². The molecule has 0 amide bonds. The molecule has 82 valence electrons. The van der Waals surface area contributed by atoms with Crippen molar-refractivity contribution < 1.29 is 9.53 Å². The molecule has 1 heterocycles. The number of benzene rings is 1. The third-order valence-corrected chi connectivity index (χ3v) is 2.27. The van der Waals surface area contributed by atoms with Crippen molar-refractivity contribution in [2.45, 2.75) is 6.54 Å². The summed E-state index contributed by atoms with van der Waals surface area (Å²) in [5.74, 6) is -0.402. The van der Waals surface area contributed by atoms with E-state index < -0.39 is 5.97 Å². The van der Waals surface area contributed by atoms with Crippen LogP contribution in [0.1, 0.15) is 0 Å². The van der Waals surface area contributed by atoms with E-state index in [9.17, 15) is 9.59 Å². The summed E-state index contributed by atoms with van der Waals surface area (Å²) in [5, 5.41) is 4.44. The van der Waals surface area contributed by atoms with E-state index in [0.29, 0.717) is 10.9 Å². The Morgan fingerprint density at radius 2 is 2.19 bits per heavy atom. The van der Waals surface area contributed by atoms with Crippen molar-refractivity contribution in [3.05, 3.63) is 40.7 Å². The number of nitrogens with zero attached hydrogens (tertiary/aromatic N) is 2. The zero-order valence-electron chi connectivity index (χ0n) is 8.71. The number of fused-ring (bicyclic) bond motifs is 1. The normalized spacial score (nSPS) is 10.3. The predicted molar refractivity (Wildman–Crippen MR) is 58.0 cm³/mol. The Morgan fingerprint density at radius 3 is 2.94 bits per heavy atom. The maximum Gasteiger partial charge on any atom is 0.327 e. The number of carbonyl (C=O) groups is 1. The molecular formula is C11H10N2O3. The molecule has 1 aromatic heterocycles. The second-order valence-corrected chi connectivity index (χ2v) is 3.26. The maximum atomic E-state index is 11.5. The van der Waals surface area contributed by atoms with Crippen LogP contribution in [0.15, 0.2) is 35.3 Å². The number of esters is 1. The minimum atomic E-state index is -0.402. The summed E-state index contributed by atoms with van der Waals surface area (Å²) in [5.41, 5.74) is 0.470. The number of rotatable bonds is 2. The Morgan fingerprint density at radius 1 is 1.44 bits per heavy atom. The SMILES string of the molecule is COC(=O)Cn1ncc(=O)c2ccccc21. The van der Waals surface area contributed by atoms with Crippen LogP contribution < -0.4 is 5.43 Å². The highest BCUT2D eigenvalue weighted by Crippen LogP contribution is 2.07. The molecule has 5 nitrogen and oxygen atoms in total. The van der Waals surface area contributed by atoms with Crippen molar-refractivity contribution >= 4 is 16.9 Å². The Labute approximate surface area is 91.3 Å². The van der Waals surface area contributed by atoms with E-state index in [1.54, 1.807) is 24.3 Å². The number of hydrogen-bond donors (Lipinski definition) is 0. The number of para-hydroxylation sites is 1. The summed E-state index contributed by atoms with van der Waals surface area (Å²) < 4.78 is 6.00. The quantitative estimate of drug-likeness (QED) is 0.691. The van der Waals surface area contributed by atoms with Gasteiger partial charge in [0.15, 0.2) is 0 Å². The first-order chi connectivity index (χ1) is 7.72. The van der Waals surface area contributed by atoms with Gasteiger partial charge in [-0.25, -0.2) is 0 Å². The van der Waals surface area contributed by atoms with Gasteiger partial charge in [0.25, 0.3) is 0 Å². The largest absolute Gasteiger partial charge is 0.468 e. The predicted octanol–water partition coefficient (Wildman–Crippen LogP) is 0.569. The fourth-order valence-corrected chi connectivity index (χ4v) is 1.47. The second kappa shape index (κ2) is 4.14. The summed E-state index contributed by atoms with van der Waals surface area (Å²) in [7, 11) is 1.31. The Balaban J connectivity index is 2.59. The van der Waals surface area contributed by atoms with Gasteiger partial charge in [-0.3, -0.25) is 14.3 Å². The van der Waals surface area contributed by atoms with Gasteiger partial charge in [0.05, 0.1) is 18.8 Å². The van der Waals surface area contributed by atoms with Crippen LogP contribution in [-0.2, 0) is 16.1 Å². The van der Waals surface area contributed by atoms with Gasteiger partial charge in [-0.05, 0) is 12.1 Å². The molecule has 0 fully saturated rings. The average molecular weight is 218 g/mol. The van der Waals surface area contributed by atoms with Gasteiger partial charge in [0.1, 0.15) is 6.54 Å². The topological polar surface area (TPSA) is 61.2 Å². The molecule has 2 rings (SSSR count). The molecule has 0 atom stereocenters. The van der Waals surface area contributed by atoms with Gasteiger partial charge in [-0.2, -0.15) is 5.10 Å². The molecule has 0 aliphatic carbocycles. The van der Waals surface area contributed by atoms with E-state index in [0.717, 1.165) is 0 Å². The van der Waals surface area contributed by atoms with Crippen molar-refractivity contribution in [2.75, 3.05) is 7.11 Å². The molecule has 5 heteroatoms. The highest BCUT2D eigenvalue weighted by molar-refractivity contribution is 5.79. The smallest absolute Gasteiger partial charge is 0.327 e. The highest BCUT2D eigenvalue weighted by atomic mass is 16.5. The lowest BCUT2D eigenvalue weighted by atomic mass is 10.2. The number of methoxy groups -OCH3 is 1. The maximum absolute atomic E-state index is 11.5. The van der Waals surface area contributed by atoms with Crippen molar-refractivity contribution in [2.24, 2.45) is 0 Å². The molecule has 0 spiro atoms. The third-order valence-electron chi connectivity index (χ3n) is 2.27. The molecule has 0 aliphatic rings. The van der Waals surface area contributed by atoms with E-state index in [4.69, 9.17) is 0 Å². The van der Waals surface area contributed by atoms with Gasteiger partial charge >= 0.3 is 5.97 Å². The minimum absolute atomic E-state index is 0.00269. The van der Waals surface area contributed by atoms with Crippen LogP contribution in [0.25, 0.3) is 10.9 Å². The Kier molecular flexibility index (Phi) is 2.68. The van der Waals surface area contributed by atoms with Crippen molar-refractivity contribution in [1.29, 1.82) is 0 Å². The van der Waals surface area contributed by atoms with E-state index in [-0.39, 0.29) is 12.0 Å². The van der Waals surface area contributed by atoms with E-state index in [1.807, 2.05) is 0 Å². The molecule has 2 aromatic rings. The summed E-state index contributed by atoms with van der Waals surface area (Å²) in [4.78, 5) is 22.6. The van der Waals surface area contributed by atoms with E-state index in [1.165, 1.54) is 18.0 Å². The Bertz CT molecular complexity index is 589. The summed E-state index contributed by atoms with van der Waals surface area (Å²) in [6, 6.07) is 7.00. The standard InChI is InChI=1S/C11H10N2O3/c1-16-11(15)7-13-9-5-3-2-4-8(9)10(14)6-12-13/h2-6H,7H2,1H3. The minimum Gasteiger partial charge on any atom is -0.468 e. The third kappa shape index (κ3) is 1.79. The van der Waals surface area contributed by atoms with Crippen molar-refractivity contribution in [3.63, 3.8) is 0 Å². The summed E-state index contributed by atoms with van der Waals surface area (Å²) in [6.07, 6.45) is 1.20. The first-order valence-electron chi connectivity index (χ1n) is 4.74. The lowest BCUT2D eigenvalue weighted by molar-refractivity contribution is -0.141. The number of hydrogen-bond acceptors (Lipinski definition) is 4. The molecule has 0 N–H and O–H groups in total. The second-order valence-electron chi connectivity index (χ2n) is 3.26. The van der Waals surface area contributed by atoms with Crippen LogP contribution in [-0.4, -0.2) is 22.9 Å². The van der Waals surface area contributed by atoms with Gasteiger partial charge < -0.3 is 4.74 Å². The van der Waals surface area contributed by atoms with Crippen LogP contribution in [0.2, 0.25) is 0 Å². The van der Waals surface area contributed by atoms with Crippen LogP contribution >= 0.6 is 0 Å². The number of carbonyl (C=O) groups excluding carboxylic acids is 1. The molecule has 0 radical (unpaired) electrons. The fraction of sp³-hybridized carbons (Fsp3) is 0.182. The molecule has 0 unspecified atom stereocenters. The summed E-state index contributed by atoms with van der Waals surface area (Å²) in [6.45, 7) is -0.00269. The van der Waals surface area contributed by atoms with Crippen LogP contribution in [0.3, 0.4) is 0 Å². The van der Waals surface area contributed by atoms with E-state index in [2.05, 4.69) is 9.84 Å². The van der Waals surface area contributed by atoms with Gasteiger partial charge in [-0.15, -0.1) is 0 Å². The molecule has 1 aromatic carbocycles. The fourth-order valence-electron chi connectivity index (χ4n) is 1.47. The van der Waals surface area contributed by atoms with Gasteiger partial charge in [-0.1, -0.05) is 12.1 Å². The zero-order valence-corrected chi connectivity index (χ0v) is 8.71. The van der Waals surface area contributed by atoms with Crippen molar-refractivity contribution in [3.8, 4) is 0 Å². The average Bonchev–Trinajstić information content (AvgIpc) is 2.33. The highest BCUT2D eigenvalue weighted by Gasteiger charge is 2.07. The van der Waals surface area contributed by atoms with Crippen LogP contribution in [0.5, 0.6) is 0 Å². The lowest BCUT2D eigenvalue weighted by Gasteiger charge is -2.07. The summed E-state index contributed by atoms with van der Waals surface area (Å²) >= 11 is 0. The monoisotopic (exact) mass is 218 g/mol. The first kappa shape index (κ1) is 10.4. The van der Waals surface area contributed by atoms with Crippen molar-refractivity contribution in [1.82, 2.24) is 9.78 Å².